The lowest BCUT2D eigenvalue weighted by Gasteiger charge is -2.22. The Labute approximate surface area is 168 Å². The van der Waals surface area contributed by atoms with Crippen LogP contribution in [0, 0.1) is 11.6 Å². The number of hydrogen-bond donors (Lipinski definition) is 1. The first-order valence-electron chi connectivity index (χ1n) is 9.21. The van der Waals surface area contributed by atoms with Crippen molar-refractivity contribution in [2.75, 3.05) is 11.4 Å². The first-order chi connectivity index (χ1) is 14.0. The van der Waals surface area contributed by atoms with E-state index in [4.69, 9.17) is 0 Å². The molecule has 1 N–H and O–H groups in total. The topological polar surface area (TPSA) is 92.5 Å². The first-order valence-corrected chi connectivity index (χ1v) is 10.0. The number of hydrogen-bond acceptors (Lipinski definition) is 7. The second-order valence-electron chi connectivity index (χ2n) is 6.65. The number of nitrogens with one attached hydrogen (secondary N) is 1. The molecule has 11 heteroatoms. The van der Waals surface area contributed by atoms with E-state index in [2.05, 4.69) is 20.4 Å². The summed E-state index contributed by atoms with van der Waals surface area (Å²) in [5.74, 6) is -1.55. The number of nitrogens with zero attached hydrogens (tertiary/aromatic N) is 5. The van der Waals surface area contributed by atoms with E-state index in [9.17, 15) is 18.4 Å². The standard InChI is InChI=1S/C18H18F2N6O2S/c1-2-12-14(20)16(28)26-17(23-12)29-18(24-26)25-7-3-4-13(25)15(27)22-9-11-6-5-10(19)8-21-11/h5-6,8,13H,2-4,7,9H2,1H3,(H,22,27)/t13-/m1/s1. The normalized spacial score (nSPS) is 16.5. The van der Waals surface area contributed by atoms with E-state index >= 15 is 0 Å². The van der Waals surface area contributed by atoms with Crippen molar-refractivity contribution in [1.29, 1.82) is 0 Å². The molecule has 4 heterocycles. The molecule has 0 unspecified atom stereocenters. The van der Waals surface area contributed by atoms with Gasteiger partial charge in [-0.3, -0.25) is 14.6 Å². The van der Waals surface area contributed by atoms with Crippen molar-refractivity contribution >= 4 is 27.3 Å². The van der Waals surface area contributed by atoms with Gasteiger partial charge in [-0.1, -0.05) is 18.3 Å². The summed E-state index contributed by atoms with van der Waals surface area (Å²) in [6, 6.07) is 2.32. The molecule has 29 heavy (non-hydrogen) atoms. The quantitative estimate of drug-likeness (QED) is 0.675. The van der Waals surface area contributed by atoms with Crippen molar-refractivity contribution in [3.63, 3.8) is 0 Å². The lowest BCUT2D eigenvalue weighted by molar-refractivity contribution is -0.122. The number of carbonyl (C=O) groups excluding carboxylic acids is 1. The molecule has 0 aromatic carbocycles. The van der Waals surface area contributed by atoms with Gasteiger partial charge >= 0.3 is 5.56 Å². The lowest BCUT2D eigenvalue weighted by atomic mass is 10.2. The van der Waals surface area contributed by atoms with Gasteiger partial charge < -0.3 is 10.2 Å². The molecule has 3 aromatic heterocycles. The third-order valence-corrected chi connectivity index (χ3v) is 5.73. The number of aryl methyl sites for hydroxylation is 1. The summed E-state index contributed by atoms with van der Waals surface area (Å²) >= 11 is 1.15. The van der Waals surface area contributed by atoms with Gasteiger partial charge in [-0.05, 0) is 31.4 Å². The van der Waals surface area contributed by atoms with Crippen LogP contribution in [0.15, 0.2) is 23.1 Å². The molecule has 1 atom stereocenters. The number of rotatable bonds is 5. The van der Waals surface area contributed by atoms with E-state index in [1.54, 1.807) is 11.8 Å². The summed E-state index contributed by atoms with van der Waals surface area (Å²) in [6.45, 7) is 2.49. The van der Waals surface area contributed by atoms with Gasteiger partial charge in [-0.25, -0.2) is 9.37 Å². The van der Waals surface area contributed by atoms with E-state index in [0.29, 0.717) is 35.2 Å². The van der Waals surface area contributed by atoms with Crippen molar-refractivity contribution in [1.82, 2.24) is 24.9 Å². The number of halogens is 2. The van der Waals surface area contributed by atoms with Crippen LogP contribution in [0.5, 0.6) is 0 Å². The minimum Gasteiger partial charge on any atom is -0.349 e. The smallest absolute Gasteiger partial charge is 0.311 e. The predicted octanol–water partition coefficient (Wildman–Crippen LogP) is 1.67. The van der Waals surface area contributed by atoms with Gasteiger partial charge in [0.05, 0.1) is 24.1 Å². The third kappa shape index (κ3) is 3.69. The van der Waals surface area contributed by atoms with Gasteiger partial charge in [0.2, 0.25) is 21.8 Å². The van der Waals surface area contributed by atoms with Crippen LogP contribution in [-0.4, -0.2) is 38.1 Å². The van der Waals surface area contributed by atoms with Crippen LogP contribution in [0.1, 0.15) is 31.2 Å². The zero-order valence-electron chi connectivity index (χ0n) is 15.6. The van der Waals surface area contributed by atoms with Crippen LogP contribution in [0.2, 0.25) is 0 Å². The summed E-state index contributed by atoms with van der Waals surface area (Å²) in [6.07, 6.45) is 2.80. The van der Waals surface area contributed by atoms with Crippen LogP contribution in [-0.2, 0) is 17.8 Å². The number of anilines is 1. The molecule has 1 amide bonds. The SMILES string of the molecule is CCc1nc2sc(N3CCC[C@@H]3C(=O)NCc3ccc(F)cn3)nn2c(=O)c1F. The zero-order chi connectivity index (χ0) is 20.5. The van der Waals surface area contributed by atoms with E-state index < -0.39 is 23.2 Å². The first kappa shape index (κ1) is 19.4. The Balaban J connectivity index is 1.54. The molecule has 1 saturated heterocycles. The van der Waals surface area contributed by atoms with E-state index in [0.717, 1.165) is 28.5 Å². The highest BCUT2D eigenvalue weighted by Crippen LogP contribution is 2.29. The van der Waals surface area contributed by atoms with Gasteiger partial charge in [0.1, 0.15) is 11.9 Å². The fourth-order valence-electron chi connectivity index (χ4n) is 3.28. The molecular formula is C18H18F2N6O2S. The van der Waals surface area contributed by atoms with E-state index in [-0.39, 0.29) is 18.1 Å². The summed E-state index contributed by atoms with van der Waals surface area (Å²) in [5.41, 5.74) is -0.188. The van der Waals surface area contributed by atoms with Crippen molar-refractivity contribution in [2.45, 2.75) is 38.8 Å². The molecule has 0 aliphatic carbocycles. The Morgan fingerprint density at radius 2 is 2.21 bits per heavy atom. The Morgan fingerprint density at radius 1 is 1.38 bits per heavy atom. The van der Waals surface area contributed by atoms with Crippen molar-refractivity contribution in [3.8, 4) is 0 Å². The zero-order valence-corrected chi connectivity index (χ0v) is 16.4. The maximum Gasteiger partial charge on any atom is 0.311 e. The monoisotopic (exact) mass is 420 g/mol. The van der Waals surface area contributed by atoms with Crippen LogP contribution in [0.4, 0.5) is 13.9 Å². The Kier molecular flexibility index (Phi) is 5.22. The minimum atomic E-state index is -0.899. The molecule has 1 fully saturated rings. The molecule has 0 saturated carbocycles. The average Bonchev–Trinajstić information content (AvgIpc) is 3.37. The van der Waals surface area contributed by atoms with Crippen LogP contribution in [0.3, 0.4) is 0 Å². The number of pyridine rings is 1. The number of carbonyl (C=O) groups is 1. The fraction of sp³-hybridized carbons (Fsp3) is 0.389. The average molecular weight is 420 g/mol. The summed E-state index contributed by atoms with van der Waals surface area (Å²) in [4.78, 5) is 35.1. The summed E-state index contributed by atoms with van der Waals surface area (Å²) in [5, 5.41) is 7.45. The van der Waals surface area contributed by atoms with Gasteiger partial charge in [-0.2, -0.15) is 8.91 Å². The maximum atomic E-state index is 14.1. The van der Waals surface area contributed by atoms with Crippen molar-refractivity contribution < 1.29 is 13.6 Å². The highest BCUT2D eigenvalue weighted by molar-refractivity contribution is 7.20. The second kappa shape index (κ2) is 7.82. The molecule has 0 radical (unpaired) electrons. The predicted molar refractivity (Wildman–Crippen MR) is 103 cm³/mol. The summed E-state index contributed by atoms with van der Waals surface area (Å²) in [7, 11) is 0. The summed E-state index contributed by atoms with van der Waals surface area (Å²) < 4.78 is 28.0. The largest absolute Gasteiger partial charge is 0.349 e. The third-order valence-electron chi connectivity index (χ3n) is 4.78. The highest BCUT2D eigenvalue weighted by atomic mass is 32.1. The second-order valence-corrected chi connectivity index (χ2v) is 7.58. The fourth-order valence-corrected chi connectivity index (χ4v) is 4.27. The van der Waals surface area contributed by atoms with Crippen molar-refractivity contribution in [3.05, 3.63) is 51.7 Å². The maximum absolute atomic E-state index is 14.1. The van der Waals surface area contributed by atoms with Crippen LogP contribution >= 0.6 is 11.3 Å². The lowest BCUT2D eigenvalue weighted by Crippen LogP contribution is -2.43. The van der Waals surface area contributed by atoms with Gasteiger partial charge in [-0.15, -0.1) is 5.10 Å². The Hall–Kier alpha value is -2.95. The molecule has 0 bridgehead atoms. The number of amides is 1. The molecule has 3 aromatic rings. The molecule has 0 spiro atoms. The molecule has 1 aliphatic heterocycles. The minimum absolute atomic E-state index is 0.104. The molecule has 1 aliphatic rings. The molecule has 8 nitrogen and oxygen atoms in total. The Bertz CT molecular complexity index is 1110. The van der Waals surface area contributed by atoms with Gasteiger partial charge in [0.15, 0.2) is 0 Å². The van der Waals surface area contributed by atoms with Crippen molar-refractivity contribution in [2.24, 2.45) is 0 Å². The van der Waals surface area contributed by atoms with Gasteiger partial charge in [0, 0.05) is 6.54 Å². The van der Waals surface area contributed by atoms with Gasteiger partial charge in [0.25, 0.3) is 0 Å². The molecule has 152 valence electrons. The van der Waals surface area contributed by atoms with E-state index in [1.807, 2.05) is 0 Å². The molecular weight excluding hydrogens is 402 g/mol. The Morgan fingerprint density at radius 3 is 2.93 bits per heavy atom. The van der Waals surface area contributed by atoms with E-state index in [1.165, 1.54) is 12.1 Å². The van der Waals surface area contributed by atoms with Crippen LogP contribution < -0.4 is 15.8 Å². The highest BCUT2D eigenvalue weighted by Gasteiger charge is 2.33. The molecule has 4 rings (SSSR count). The van der Waals surface area contributed by atoms with Crippen LogP contribution in [0.25, 0.3) is 4.96 Å². The number of aromatic nitrogens is 4. The number of fused-ring (bicyclic) bond motifs is 1.